The zero-order valence-electron chi connectivity index (χ0n) is 8.98. The fourth-order valence-corrected chi connectivity index (χ4v) is 1.71. The van der Waals surface area contributed by atoms with E-state index in [9.17, 15) is 15.0 Å². The third-order valence-corrected chi connectivity index (χ3v) is 2.39. The van der Waals surface area contributed by atoms with E-state index in [1.165, 1.54) is 26.2 Å². The van der Waals surface area contributed by atoms with Gasteiger partial charge in [-0.3, -0.25) is 4.79 Å². The van der Waals surface area contributed by atoms with Gasteiger partial charge in [0.05, 0.1) is 13.5 Å². The molecule has 1 aliphatic rings. The molecule has 5 nitrogen and oxygen atoms in total. The highest BCUT2D eigenvalue weighted by Gasteiger charge is 2.36. The second-order valence-corrected chi connectivity index (χ2v) is 3.90. The summed E-state index contributed by atoms with van der Waals surface area (Å²) in [6, 6.07) is 2.79. The highest BCUT2D eigenvalue weighted by molar-refractivity contribution is 6.02. The minimum absolute atomic E-state index is 0.0901. The number of phenols is 1. The minimum atomic E-state index is -1.54. The molecule has 0 saturated heterocycles. The zero-order valence-corrected chi connectivity index (χ0v) is 8.98. The number of carbonyl (C=O) groups excluding carboxylic acids is 1. The molecule has 0 spiro atoms. The normalized spacial score (nSPS) is 23.6. The molecule has 0 bridgehead atoms. The molecule has 1 aromatic carbocycles. The minimum Gasteiger partial charge on any atom is -0.507 e. The maximum Gasteiger partial charge on any atom is 0.212 e. The van der Waals surface area contributed by atoms with Crippen molar-refractivity contribution in [1.29, 1.82) is 0 Å². The Morgan fingerprint density at radius 1 is 1.50 bits per heavy atom. The van der Waals surface area contributed by atoms with Crippen molar-refractivity contribution in [1.82, 2.24) is 0 Å². The molecule has 0 amide bonds. The monoisotopic (exact) mass is 224 g/mol. The van der Waals surface area contributed by atoms with Crippen LogP contribution in [0.15, 0.2) is 12.1 Å². The van der Waals surface area contributed by atoms with Crippen LogP contribution in [0, 0.1) is 0 Å². The van der Waals surface area contributed by atoms with E-state index in [-0.39, 0.29) is 29.3 Å². The van der Waals surface area contributed by atoms with E-state index < -0.39 is 5.79 Å². The number of fused-ring (bicyclic) bond motifs is 1. The van der Waals surface area contributed by atoms with E-state index in [1.54, 1.807) is 0 Å². The van der Waals surface area contributed by atoms with Crippen LogP contribution in [0.2, 0.25) is 0 Å². The van der Waals surface area contributed by atoms with Crippen molar-refractivity contribution in [3.05, 3.63) is 17.7 Å². The van der Waals surface area contributed by atoms with Crippen LogP contribution in [0.1, 0.15) is 23.7 Å². The molecule has 1 heterocycles. The average Bonchev–Trinajstić information content (AvgIpc) is 2.13. The Labute approximate surface area is 92.2 Å². The predicted molar refractivity (Wildman–Crippen MR) is 54.9 cm³/mol. The van der Waals surface area contributed by atoms with Crippen LogP contribution in [0.5, 0.6) is 17.2 Å². The van der Waals surface area contributed by atoms with Crippen molar-refractivity contribution in [3.8, 4) is 17.2 Å². The van der Waals surface area contributed by atoms with E-state index in [1.807, 2.05) is 0 Å². The van der Waals surface area contributed by atoms with Gasteiger partial charge in [-0.15, -0.1) is 0 Å². The highest BCUT2D eigenvalue weighted by Crippen LogP contribution is 2.40. The first-order chi connectivity index (χ1) is 7.43. The molecule has 86 valence electrons. The molecule has 5 heteroatoms. The number of aromatic hydroxyl groups is 1. The Morgan fingerprint density at radius 3 is 2.81 bits per heavy atom. The van der Waals surface area contributed by atoms with Gasteiger partial charge >= 0.3 is 0 Å². The number of benzene rings is 1. The number of aliphatic hydroxyl groups is 1. The maximum absolute atomic E-state index is 11.7. The third-order valence-electron chi connectivity index (χ3n) is 2.39. The second kappa shape index (κ2) is 3.38. The zero-order chi connectivity index (χ0) is 11.9. The summed E-state index contributed by atoms with van der Waals surface area (Å²) in [4.78, 5) is 11.7. The topological polar surface area (TPSA) is 76.0 Å². The van der Waals surface area contributed by atoms with E-state index in [0.29, 0.717) is 5.75 Å². The molecule has 16 heavy (non-hydrogen) atoms. The van der Waals surface area contributed by atoms with Crippen molar-refractivity contribution in [2.45, 2.75) is 19.1 Å². The van der Waals surface area contributed by atoms with Crippen LogP contribution in [0.3, 0.4) is 0 Å². The Hall–Kier alpha value is -1.75. The van der Waals surface area contributed by atoms with Crippen molar-refractivity contribution < 1.29 is 24.5 Å². The SMILES string of the molecule is COc1cc(O)c2c(c1)OC(C)(O)CC2=O. The molecule has 0 radical (unpaired) electrons. The number of hydrogen-bond acceptors (Lipinski definition) is 5. The van der Waals surface area contributed by atoms with Gasteiger partial charge in [-0.1, -0.05) is 0 Å². The quantitative estimate of drug-likeness (QED) is 0.746. The number of ketones is 1. The lowest BCUT2D eigenvalue weighted by Crippen LogP contribution is -2.38. The number of ether oxygens (including phenoxy) is 2. The summed E-state index contributed by atoms with van der Waals surface area (Å²) in [6.45, 7) is 1.39. The maximum atomic E-state index is 11.7. The molecule has 2 rings (SSSR count). The van der Waals surface area contributed by atoms with Crippen LogP contribution in [0.25, 0.3) is 0 Å². The summed E-state index contributed by atoms with van der Waals surface area (Å²) in [5.41, 5.74) is 0.0901. The van der Waals surface area contributed by atoms with Gasteiger partial charge in [0.25, 0.3) is 0 Å². The van der Waals surface area contributed by atoms with E-state index in [0.717, 1.165) is 0 Å². The van der Waals surface area contributed by atoms with E-state index in [4.69, 9.17) is 9.47 Å². The smallest absolute Gasteiger partial charge is 0.212 e. The van der Waals surface area contributed by atoms with Gasteiger partial charge in [0.15, 0.2) is 5.78 Å². The highest BCUT2D eigenvalue weighted by atomic mass is 16.6. The molecule has 0 aromatic heterocycles. The average molecular weight is 224 g/mol. The van der Waals surface area contributed by atoms with Crippen LogP contribution in [0.4, 0.5) is 0 Å². The molecule has 2 N–H and O–H groups in total. The number of hydrogen-bond donors (Lipinski definition) is 2. The summed E-state index contributed by atoms with van der Waals surface area (Å²) >= 11 is 0. The Morgan fingerprint density at radius 2 is 2.19 bits per heavy atom. The lowest BCUT2D eigenvalue weighted by Gasteiger charge is -2.30. The number of carbonyl (C=O) groups is 1. The van der Waals surface area contributed by atoms with Gasteiger partial charge in [0.1, 0.15) is 22.8 Å². The summed E-state index contributed by atoms with van der Waals surface area (Å²) in [6.07, 6.45) is -0.181. The molecule has 0 saturated carbocycles. The lowest BCUT2D eigenvalue weighted by molar-refractivity contribution is -0.123. The number of Topliss-reactive ketones (excluding diaryl/α,β-unsaturated/α-hetero) is 1. The fraction of sp³-hybridized carbons (Fsp3) is 0.364. The Kier molecular flexibility index (Phi) is 2.27. The summed E-state index contributed by atoms with van der Waals surface area (Å²) in [5, 5.41) is 19.3. The van der Waals surface area contributed by atoms with Crippen LogP contribution in [-0.2, 0) is 0 Å². The largest absolute Gasteiger partial charge is 0.507 e. The molecule has 1 aliphatic heterocycles. The number of rotatable bonds is 1. The van der Waals surface area contributed by atoms with Gasteiger partial charge < -0.3 is 19.7 Å². The Bertz CT molecular complexity index is 450. The first-order valence-corrected chi connectivity index (χ1v) is 4.78. The van der Waals surface area contributed by atoms with Gasteiger partial charge in [0, 0.05) is 19.1 Å². The van der Waals surface area contributed by atoms with Crippen molar-refractivity contribution in [3.63, 3.8) is 0 Å². The molecular weight excluding hydrogens is 212 g/mol. The van der Waals surface area contributed by atoms with Crippen LogP contribution < -0.4 is 9.47 Å². The molecule has 1 atom stereocenters. The predicted octanol–water partition coefficient (Wildman–Crippen LogP) is 1.07. The second-order valence-electron chi connectivity index (χ2n) is 3.90. The molecule has 1 aromatic rings. The first kappa shape index (κ1) is 10.8. The molecule has 0 aliphatic carbocycles. The van der Waals surface area contributed by atoms with Crippen LogP contribution in [-0.4, -0.2) is 28.9 Å². The fourth-order valence-electron chi connectivity index (χ4n) is 1.71. The van der Waals surface area contributed by atoms with Gasteiger partial charge in [-0.25, -0.2) is 0 Å². The van der Waals surface area contributed by atoms with E-state index >= 15 is 0 Å². The van der Waals surface area contributed by atoms with Crippen molar-refractivity contribution >= 4 is 5.78 Å². The van der Waals surface area contributed by atoms with Gasteiger partial charge in [-0.2, -0.15) is 0 Å². The molecule has 0 fully saturated rings. The lowest BCUT2D eigenvalue weighted by atomic mass is 9.98. The third kappa shape index (κ3) is 1.69. The van der Waals surface area contributed by atoms with Gasteiger partial charge in [0.2, 0.25) is 5.79 Å². The standard InChI is InChI=1S/C11H12O5/c1-11(14)5-8(13)10-7(12)3-6(15-2)4-9(10)16-11/h3-4,12,14H,5H2,1-2H3. The van der Waals surface area contributed by atoms with Crippen molar-refractivity contribution in [2.24, 2.45) is 0 Å². The number of methoxy groups -OCH3 is 1. The summed E-state index contributed by atoms with van der Waals surface area (Å²) in [7, 11) is 1.43. The van der Waals surface area contributed by atoms with Gasteiger partial charge in [-0.05, 0) is 0 Å². The van der Waals surface area contributed by atoms with Crippen LogP contribution >= 0.6 is 0 Å². The number of phenolic OH excluding ortho intramolecular Hbond substituents is 1. The molecular formula is C11H12O5. The van der Waals surface area contributed by atoms with E-state index in [2.05, 4.69) is 0 Å². The first-order valence-electron chi connectivity index (χ1n) is 4.78. The Balaban J connectivity index is 2.56. The summed E-state index contributed by atoms with van der Waals surface area (Å²) in [5.74, 6) is -1.59. The summed E-state index contributed by atoms with van der Waals surface area (Å²) < 4.78 is 10.1. The molecule has 1 unspecified atom stereocenters. The van der Waals surface area contributed by atoms with Crippen molar-refractivity contribution in [2.75, 3.05) is 7.11 Å².